The van der Waals surface area contributed by atoms with Crippen molar-refractivity contribution in [3.8, 4) is 11.5 Å². The third kappa shape index (κ3) is 6.07. The zero-order valence-electron chi connectivity index (χ0n) is 17.0. The minimum absolute atomic E-state index is 0.0254. The van der Waals surface area contributed by atoms with E-state index in [2.05, 4.69) is 24.3 Å². The number of benzene rings is 2. The summed E-state index contributed by atoms with van der Waals surface area (Å²) in [6, 6.07) is 14.2. The maximum absolute atomic E-state index is 6.81. The van der Waals surface area contributed by atoms with Crippen molar-refractivity contribution in [3.05, 3.63) is 108 Å². The molecule has 0 radical (unpaired) electrons. The number of allylic oxidation sites excluding steroid dienone is 8. The summed E-state index contributed by atoms with van der Waals surface area (Å²) in [5, 5.41) is 0. The summed E-state index contributed by atoms with van der Waals surface area (Å²) in [6.45, 7) is 0. The van der Waals surface area contributed by atoms with Gasteiger partial charge in [-0.25, -0.2) is 0 Å². The molecule has 9 heteroatoms. The molecule has 0 spiro atoms. The van der Waals surface area contributed by atoms with Crippen LogP contribution in [0.5, 0.6) is 11.5 Å². The van der Waals surface area contributed by atoms with E-state index in [0.29, 0.717) is 22.6 Å². The number of halogens is 6. The summed E-state index contributed by atoms with van der Waals surface area (Å²) in [5.74, 6) is 1.31. The zero-order chi connectivity index (χ0) is 23.7. The van der Waals surface area contributed by atoms with Crippen molar-refractivity contribution in [1.82, 2.24) is 0 Å². The van der Waals surface area contributed by atoms with Gasteiger partial charge in [-0.05, 0) is 0 Å². The molecule has 2 nitrogen and oxygen atoms in total. The van der Waals surface area contributed by atoms with Crippen LogP contribution >= 0.6 is 69.6 Å². The molecule has 4 rings (SSSR count). The number of rotatable bonds is 6. The van der Waals surface area contributed by atoms with Crippen LogP contribution in [0.4, 0.5) is 0 Å². The van der Waals surface area contributed by atoms with Crippen LogP contribution in [0.2, 0.25) is 7.25 Å². The second-order valence-electron chi connectivity index (χ2n) is 7.56. The van der Waals surface area contributed by atoms with Crippen molar-refractivity contribution in [1.29, 1.82) is 0 Å². The van der Waals surface area contributed by atoms with Crippen LogP contribution in [0.25, 0.3) is 0 Å². The van der Waals surface area contributed by atoms with E-state index in [0.717, 1.165) is 0 Å². The Morgan fingerprint density at radius 1 is 0.515 bits per heavy atom. The van der Waals surface area contributed by atoms with Gasteiger partial charge in [0.25, 0.3) is 0 Å². The summed E-state index contributed by atoms with van der Waals surface area (Å²) in [7, 11) is 0. The first-order valence-corrected chi connectivity index (χ1v) is 17.1. The van der Waals surface area contributed by atoms with E-state index in [4.69, 9.17) is 75.2 Å². The van der Waals surface area contributed by atoms with E-state index in [1.807, 2.05) is 48.6 Å². The first kappa shape index (κ1) is 25.7. The van der Waals surface area contributed by atoms with Crippen LogP contribution < -0.4 is 5.63 Å². The average molecular weight is 642 g/mol. The van der Waals surface area contributed by atoms with Crippen molar-refractivity contribution in [2.75, 3.05) is 0 Å². The van der Waals surface area contributed by atoms with Gasteiger partial charge in [-0.1, -0.05) is 0 Å². The van der Waals surface area contributed by atoms with Crippen molar-refractivity contribution in [2.24, 2.45) is 0 Å². The molecule has 33 heavy (non-hydrogen) atoms. The standard InChI is InChI=1S/2C7H5Cl3O.2C5H5.Zr/c2*8-7(9,10)5-1-3-6(11)4-2-5;2*1-2-4-5-3-1;/h2*1-4,11H;2*1-5H;/q;;;;+2/p-2. The summed E-state index contributed by atoms with van der Waals surface area (Å²) in [6.07, 6.45) is 16.6. The molecule has 0 heterocycles. The molecule has 2 aromatic rings. The van der Waals surface area contributed by atoms with Gasteiger partial charge in [0.05, 0.1) is 0 Å². The topological polar surface area (TPSA) is 18.5 Å². The molecule has 172 valence electrons. The van der Waals surface area contributed by atoms with Gasteiger partial charge in [0, 0.05) is 0 Å². The molecule has 2 aliphatic carbocycles. The Balaban J connectivity index is 1.73. The second kappa shape index (κ2) is 10.3. The fourth-order valence-corrected chi connectivity index (χ4v) is 13.2. The monoisotopic (exact) mass is 638 g/mol. The van der Waals surface area contributed by atoms with Crippen LogP contribution in [0.3, 0.4) is 0 Å². The summed E-state index contributed by atoms with van der Waals surface area (Å²) < 4.78 is 10.7. The first-order valence-electron chi connectivity index (χ1n) is 10.0. The Hall–Kier alpha value is -0.377. The molecule has 0 aromatic heterocycles. The summed E-state index contributed by atoms with van der Waals surface area (Å²) >= 11 is 32.0. The zero-order valence-corrected chi connectivity index (χ0v) is 24.0. The van der Waals surface area contributed by atoms with Crippen molar-refractivity contribution in [3.63, 3.8) is 0 Å². The molecule has 0 aliphatic heterocycles. The van der Waals surface area contributed by atoms with E-state index in [1.54, 1.807) is 24.3 Å². The Labute approximate surface area is 229 Å². The molecule has 0 saturated carbocycles. The molecule has 0 N–H and O–H groups in total. The number of hydrogen-bond donors (Lipinski definition) is 0. The van der Waals surface area contributed by atoms with Gasteiger partial charge in [0.1, 0.15) is 0 Å². The van der Waals surface area contributed by atoms with Crippen LogP contribution in [-0.2, 0) is 28.7 Å². The van der Waals surface area contributed by atoms with Gasteiger partial charge in [-0.3, -0.25) is 0 Å². The predicted molar refractivity (Wildman–Crippen MR) is 137 cm³/mol. The molecule has 0 bridgehead atoms. The number of alkyl halides is 6. The van der Waals surface area contributed by atoms with E-state index < -0.39 is 28.7 Å². The van der Waals surface area contributed by atoms with Crippen molar-refractivity contribution in [2.45, 2.75) is 14.8 Å². The fraction of sp³-hybridized carbons (Fsp3) is 0.167. The summed E-state index contributed by atoms with van der Waals surface area (Å²) in [4.78, 5) is 0. The third-order valence-electron chi connectivity index (χ3n) is 5.34. The molecular weight excluding hydrogens is 624 g/mol. The summed E-state index contributed by atoms with van der Waals surface area (Å²) in [5.41, 5.74) is 1.12. The van der Waals surface area contributed by atoms with E-state index in [9.17, 15) is 0 Å². The van der Waals surface area contributed by atoms with Gasteiger partial charge in [-0.15, -0.1) is 0 Å². The van der Waals surface area contributed by atoms with Gasteiger partial charge in [0.15, 0.2) is 0 Å². The predicted octanol–water partition coefficient (Wildman–Crippen LogP) is 9.61. The molecule has 0 amide bonds. The third-order valence-corrected chi connectivity index (χ3v) is 15.8. The molecule has 2 aromatic carbocycles. The number of hydrogen-bond acceptors (Lipinski definition) is 2. The Morgan fingerprint density at radius 2 is 0.818 bits per heavy atom. The second-order valence-corrected chi connectivity index (χ2v) is 20.0. The van der Waals surface area contributed by atoms with Crippen LogP contribution in [-0.4, -0.2) is 0 Å². The van der Waals surface area contributed by atoms with Crippen molar-refractivity contribution >= 4 is 69.6 Å². The minimum atomic E-state index is -4.08. The van der Waals surface area contributed by atoms with Crippen LogP contribution in [0.15, 0.2) is 97.1 Å². The van der Waals surface area contributed by atoms with Gasteiger partial charge in [-0.2, -0.15) is 0 Å². The molecule has 0 saturated heterocycles. The van der Waals surface area contributed by atoms with E-state index in [-0.39, 0.29) is 7.25 Å². The molecule has 0 fully saturated rings. The molecule has 0 atom stereocenters. The molecule has 2 aliphatic rings. The van der Waals surface area contributed by atoms with Crippen LogP contribution in [0.1, 0.15) is 11.1 Å². The quantitative estimate of drug-likeness (QED) is 0.293. The van der Waals surface area contributed by atoms with E-state index in [1.165, 1.54) is 0 Å². The van der Waals surface area contributed by atoms with Gasteiger partial charge >= 0.3 is 231 Å². The maximum atomic E-state index is 6.81. The van der Waals surface area contributed by atoms with E-state index >= 15 is 0 Å². The van der Waals surface area contributed by atoms with Crippen LogP contribution in [0, 0.1) is 0 Å². The Kier molecular flexibility index (Phi) is 8.03. The SMILES string of the molecule is ClC(Cl)(Cl)c1ccc([O][Zr]([O]c2ccc(C(Cl)(Cl)Cl)cc2)([CH]2C=CC=C2)[CH]2C=CC=C2)cc1. The first-order chi connectivity index (χ1) is 15.6. The normalized spacial score (nSPS) is 16.7. The fourth-order valence-electron chi connectivity index (χ4n) is 3.71. The Morgan fingerprint density at radius 3 is 1.09 bits per heavy atom. The van der Waals surface area contributed by atoms with Crippen molar-refractivity contribution < 1.29 is 26.8 Å². The van der Waals surface area contributed by atoms with Gasteiger partial charge < -0.3 is 0 Å². The average Bonchev–Trinajstić information content (AvgIpc) is 3.47. The Bertz CT molecular complexity index is 982. The molecular formula is C24H18Cl6O2Zr. The molecule has 0 unspecified atom stereocenters. The van der Waals surface area contributed by atoms with Gasteiger partial charge in [0.2, 0.25) is 0 Å².